The quantitative estimate of drug-likeness (QED) is 0.231. The van der Waals surface area contributed by atoms with Crippen molar-refractivity contribution in [2.75, 3.05) is 0 Å². The summed E-state index contributed by atoms with van der Waals surface area (Å²) in [6, 6.07) is 0.423. The first-order valence-corrected chi connectivity index (χ1v) is 4.96. The molecular weight excluding hydrogens is 194 g/mol. The lowest BCUT2D eigenvalue weighted by Gasteiger charge is -2.13. The van der Waals surface area contributed by atoms with Crippen molar-refractivity contribution in [3.05, 3.63) is 12.2 Å². The van der Waals surface area contributed by atoms with Gasteiger partial charge in [-0.3, -0.25) is 10.5 Å². The summed E-state index contributed by atoms with van der Waals surface area (Å²) in [6.07, 6.45) is 3.76. The number of hydrogen-bond acceptors (Lipinski definition) is 4. The summed E-state index contributed by atoms with van der Waals surface area (Å²) in [7, 11) is 0. The van der Waals surface area contributed by atoms with E-state index < -0.39 is 0 Å². The highest BCUT2D eigenvalue weighted by molar-refractivity contribution is 5.79. The molecule has 1 saturated carbocycles. The van der Waals surface area contributed by atoms with E-state index in [0.29, 0.717) is 12.0 Å². The Labute approximate surface area is 87.5 Å². The monoisotopic (exact) mass is 209 g/mol. The largest absolute Gasteiger partial charge is 0.346 e. The van der Waals surface area contributed by atoms with E-state index in [0.717, 1.165) is 18.7 Å². The molecule has 0 radical (unpaired) electrons. The summed E-state index contributed by atoms with van der Waals surface area (Å²) in [4.78, 5) is 8.41. The van der Waals surface area contributed by atoms with Crippen molar-refractivity contribution >= 4 is 5.96 Å². The Morgan fingerprint density at radius 2 is 2.53 bits per heavy atom. The van der Waals surface area contributed by atoms with Gasteiger partial charge in [-0.25, -0.2) is 15.8 Å². The number of nitrogens with one attached hydrogen (secondary N) is 3. The number of hydrazine groups is 1. The highest BCUT2D eigenvalue weighted by Crippen LogP contribution is 2.23. The average molecular weight is 209 g/mol. The van der Waals surface area contributed by atoms with Gasteiger partial charge in [-0.05, 0) is 19.8 Å². The summed E-state index contributed by atoms with van der Waals surface area (Å²) in [5, 5.41) is 9.69. The molecule has 1 aliphatic rings. The molecule has 0 aromatic carbocycles. The topological polar surface area (TPSA) is 104 Å². The molecule has 7 heteroatoms. The first-order valence-electron chi connectivity index (χ1n) is 4.96. The molecule has 1 aliphatic carbocycles. The van der Waals surface area contributed by atoms with Crippen LogP contribution in [0.4, 0.5) is 0 Å². The van der Waals surface area contributed by atoms with Gasteiger partial charge < -0.3 is 5.32 Å². The molecule has 7 nitrogen and oxygen atoms in total. The molecule has 0 bridgehead atoms. The van der Waals surface area contributed by atoms with E-state index in [-0.39, 0.29) is 6.04 Å². The van der Waals surface area contributed by atoms with E-state index in [1.54, 1.807) is 0 Å². The molecule has 1 aromatic heterocycles. The third-order valence-electron chi connectivity index (χ3n) is 2.19. The number of aliphatic imine (C=N–C) groups is 1. The zero-order valence-electron chi connectivity index (χ0n) is 8.57. The second-order valence-corrected chi connectivity index (χ2v) is 3.59. The molecule has 1 aromatic rings. The number of nitrogens with two attached hydrogens (primary N) is 1. The molecule has 0 amide bonds. The number of rotatable bonds is 3. The molecule has 0 aliphatic heterocycles. The summed E-state index contributed by atoms with van der Waals surface area (Å²) in [5.74, 6) is 6.72. The predicted molar refractivity (Wildman–Crippen MR) is 55.7 cm³/mol. The molecule has 1 fully saturated rings. The minimum atomic E-state index is 0.000972. The van der Waals surface area contributed by atoms with Gasteiger partial charge in [0.2, 0.25) is 5.96 Å². The van der Waals surface area contributed by atoms with Gasteiger partial charge in [0.25, 0.3) is 0 Å². The molecule has 5 N–H and O–H groups in total. The summed E-state index contributed by atoms with van der Waals surface area (Å²) in [5.41, 5.74) is 2.54. The van der Waals surface area contributed by atoms with Gasteiger partial charge in [0.1, 0.15) is 12.2 Å². The van der Waals surface area contributed by atoms with Crippen molar-refractivity contribution in [3.8, 4) is 0 Å². The van der Waals surface area contributed by atoms with E-state index in [2.05, 4.69) is 30.9 Å². The third kappa shape index (κ3) is 2.66. The molecule has 0 spiro atoms. The van der Waals surface area contributed by atoms with Gasteiger partial charge in [-0.1, -0.05) is 0 Å². The van der Waals surface area contributed by atoms with Crippen LogP contribution in [0.3, 0.4) is 0 Å². The number of nitrogens with zero attached hydrogens (tertiary/aromatic N) is 3. The minimum absolute atomic E-state index is 0.000972. The molecule has 1 heterocycles. The fraction of sp³-hybridized carbons (Fsp3) is 0.625. The van der Waals surface area contributed by atoms with Gasteiger partial charge in [0.15, 0.2) is 0 Å². The maximum absolute atomic E-state index is 5.36. The average Bonchev–Trinajstić information content (AvgIpc) is 2.88. The van der Waals surface area contributed by atoms with Crippen LogP contribution >= 0.6 is 0 Å². The number of H-pyrrole nitrogens is 1. The van der Waals surface area contributed by atoms with Crippen molar-refractivity contribution in [1.82, 2.24) is 25.9 Å². The van der Waals surface area contributed by atoms with Crippen LogP contribution in [0, 0.1) is 0 Å². The van der Waals surface area contributed by atoms with Crippen LogP contribution in [0.1, 0.15) is 31.6 Å². The predicted octanol–water partition coefficient (Wildman–Crippen LogP) is -0.563. The molecule has 15 heavy (non-hydrogen) atoms. The molecule has 1 unspecified atom stereocenters. The van der Waals surface area contributed by atoms with Gasteiger partial charge in [0, 0.05) is 0 Å². The van der Waals surface area contributed by atoms with Crippen LogP contribution in [0.5, 0.6) is 0 Å². The molecule has 0 saturated heterocycles. The molecule has 1 atom stereocenters. The second kappa shape index (κ2) is 4.26. The highest BCUT2D eigenvalue weighted by atomic mass is 15.3. The number of aromatic nitrogens is 3. The van der Waals surface area contributed by atoms with Crippen molar-refractivity contribution in [3.63, 3.8) is 0 Å². The van der Waals surface area contributed by atoms with Gasteiger partial charge in [-0.15, -0.1) is 0 Å². The number of hydrogen-bond donors (Lipinski definition) is 4. The third-order valence-corrected chi connectivity index (χ3v) is 2.19. The van der Waals surface area contributed by atoms with Gasteiger partial charge in [0.05, 0.1) is 12.1 Å². The van der Waals surface area contributed by atoms with Gasteiger partial charge in [-0.2, -0.15) is 5.10 Å². The van der Waals surface area contributed by atoms with E-state index in [1.165, 1.54) is 6.33 Å². The number of aromatic amines is 1. The Kier molecular flexibility index (Phi) is 2.82. The summed E-state index contributed by atoms with van der Waals surface area (Å²) in [6.45, 7) is 1.96. The van der Waals surface area contributed by atoms with Crippen LogP contribution in [0.2, 0.25) is 0 Å². The van der Waals surface area contributed by atoms with E-state index >= 15 is 0 Å². The Balaban J connectivity index is 1.94. The summed E-state index contributed by atoms with van der Waals surface area (Å²) < 4.78 is 0. The van der Waals surface area contributed by atoms with Gasteiger partial charge >= 0.3 is 0 Å². The minimum Gasteiger partial charge on any atom is -0.346 e. The SMILES string of the molecule is CC(NC(=NC1CC1)NN)c1ncn[nH]1. The first-order chi connectivity index (χ1) is 7.29. The Morgan fingerprint density at radius 1 is 1.73 bits per heavy atom. The maximum atomic E-state index is 5.36. The van der Waals surface area contributed by atoms with Crippen LogP contribution in [-0.4, -0.2) is 27.2 Å². The smallest absolute Gasteiger partial charge is 0.206 e. The number of guanidine groups is 1. The highest BCUT2D eigenvalue weighted by Gasteiger charge is 2.21. The van der Waals surface area contributed by atoms with E-state index in [1.807, 2.05) is 6.92 Å². The lowest BCUT2D eigenvalue weighted by molar-refractivity contribution is 0.646. The van der Waals surface area contributed by atoms with Crippen molar-refractivity contribution in [1.29, 1.82) is 0 Å². The van der Waals surface area contributed by atoms with Crippen molar-refractivity contribution < 1.29 is 0 Å². The summed E-state index contributed by atoms with van der Waals surface area (Å²) >= 11 is 0. The Morgan fingerprint density at radius 3 is 3.07 bits per heavy atom. The van der Waals surface area contributed by atoms with E-state index in [4.69, 9.17) is 5.84 Å². The molecule has 2 rings (SSSR count). The van der Waals surface area contributed by atoms with E-state index in [9.17, 15) is 0 Å². The normalized spacial score (nSPS) is 18.7. The second-order valence-electron chi connectivity index (χ2n) is 3.59. The Bertz CT molecular complexity index is 327. The zero-order chi connectivity index (χ0) is 10.7. The molecular formula is C8H15N7. The van der Waals surface area contributed by atoms with Crippen LogP contribution in [0.25, 0.3) is 0 Å². The van der Waals surface area contributed by atoms with Crippen LogP contribution in [0.15, 0.2) is 11.3 Å². The lowest BCUT2D eigenvalue weighted by Crippen LogP contribution is -2.43. The fourth-order valence-corrected chi connectivity index (χ4v) is 1.20. The molecule has 82 valence electrons. The maximum Gasteiger partial charge on any atom is 0.206 e. The van der Waals surface area contributed by atoms with Crippen molar-refractivity contribution in [2.45, 2.75) is 31.8 Å². The first kappa shape index (κ1) is 9.91. The van der Waals surface area contributed by atoms with Crippen LogP contribution in [-0.2, 0) is 0 Å². The lowest BCUT2D eigenvalue weighted by atomic mass is 10.3. The zero-order valence-corrected chi connectivity index (χ0v) is 8.57. The standard InChI is InChI=1S/C8H15N7/c1-5(7-10-4-11-15-7)12-8(14-9)13-6-2-3-6/h4-6H,2-3,9H2,1H3,(H,10,11,15)(H2,12,13,14). The Hall–Kier alpha value is -1.63. The van der Waals surface area contributed by atoms with Crippen molar-refractivity contribution in [2.24, 2.45) is 10.8 Å². The fourth-order valence-electron chi connectivity index (χ4n) is 1.20. The van der Waals surface area contributed by atoms with Crippen LogP contribution < -0.4 is 16.6 Å².